The van der Waals surface area contributed by atoms with Gasteiger partial charge in [0.05, 0.1) is 6.54 Å². The third-order valence-corrected chi connectivity index (χ3v) is 1.50. The summed E-state index contributed by atoms with van der Waals surface area (Å²) in [6, 6.07) is 0.481. The lowest BCUT2D eigenvalue weighted by Crippen LogP contribution is -2.23. The van der Waals surface area contributed by atoms with Crippen LogP contribution in [-0.4, -0.2) is 16.0 Å². The number of aryl methyl sites for hydroxylation is 1. The van der Waals surface area contributed by atoms with Crippen LogP contribution < -0.4 is 5.32 Å². The normalized spacial score (nSPS) is 10.7. The fourth-order valence-electron chi connectivity index (χ4n) is 0.806. The average molecular weight is 165 g/mol. The molecule has 0 saturated heterocycles. The molecule has 66 valence electrons. The van der Waals surface area contributed by atoms with Crippen molar-refractivity contribution in [3.63, 3.8) is 0 Å². The van der Waals surface area contributed by atoms with Crippen LogP contribution in [0.1, 0.15) is 25.2 Å². The molecule has 0 fully saturated rings. The second kappa shape index (κ2) is 4.16. The number of hydrogen-bond acceptors (Lipinski definition) is 3. The average Bonchev–Trinajstić information content (AvgIpc) is 2.03. The molecule has 1 aromatic rings. The molecule has 0 saturated carbocycles. The maximum Gasteiger partial charge on any atom is 0.141 e. The molecule has 0 aliphatic rings. The molecule has 0 radical (unpaired) electrons. The van der Waals surface area contributed by atoms with E-state index in [9.17, 15) is 0 Å². The molecule has 1 aromatic heterocycles. The first-order valence-corrected chi connectivity index (χ1v) is 4.19. The first kappa shape index (κ1) is 9.13. The zero-order valence-corrected chi connectivity index (χ0v) is 7.83. The van der Waals surface area contributed by atoms with Crippen LogP contribution in [0.15, 0.2) is 12.4 Å². The molecule has 0 spiro atoms. The van der Waals surface area contributed by atoms with Gasteiger partial charge in [-0.15, -0.1) is 0 Å². The van der Waals surface area contributed by atoms with E-state index in [1.165, 1.54) is 0 Å². The lowest BCUT2D eigenvalue weighted by atomic mass is 10.3. The number of rotatable bonds is 3. The van der Waals surface area contributed by atoms with Crippen LogP contribution >= 0.6 is 0 Å². The minimum absolute atomic E-state index is 0.481. The highest BCUT2D eigenvalue weighted by molar-refractivity contribution is 5.01. The van der Waals surface area contributed by atoms with E-state index in [0.29, 0.717) is 6.04 Å². The molecule has 0 aliphatic carbocycles. The fourth-order valence-corrected chi connectivity index (χ4v) is 0.806. The summed E-state index contributed by atoms with van der Waals surface area (Å²) in [6.07, 6.45) is 3.68. The Kier molecular flexibility index (Phi) is 3.17. The summed E-state index contributed by atoms with van der Waals surface area (Å²) in [5, 5.41) is 3.26. The summed E-state index contributed by atoms with van der Waals surface area (Å²) in [7, 11) is 0. The Hall–Kier alpha value is -0.960. The van der Waals surface area contributed by atoms with E-state index in [1.807, 2.05) is 19.3 Å². The van der Waals surface area contributed by atoms with Crippen LogP contribution in [-0.2, 0) is 6.54 Å². The summed E-state index contributed by atoms with van der Waals surface area (Å²) in [5.74, 6) is 0.856. The first-order chi connectivity index (χ1) is 5.68. The van der Waals surface area contributed by atoms with Gasteiger partial charge in [-0.2, -0.15) is 0 Å². The van der Waals surface area contributed by atoms with Gasteiger partial charge in [0.2, 0.25) is 0 Å². The van der Waals surface area contributed by atoms with Crippen LogP contribution in [0.2, 0.25) is 0 Å². The SMILES string of the molecule is Cc1cnc(CNC(C)C)nc1. The van der Waals surface area contributed by atoms with Crippen LogP contribution in [0.4, 0.5) is 0 Å². The van der Waals surface area contributed by atoms with Gasteiger partial charge in [0.15, 0.2) is 0 Å². The summed E-state index contributed by atoms with van der Waals surface area (Å²) in [5.41, 5.74) is 1.10. The van der Waals surface area contributed by atoms with Crippen molar-refractivity contribution in [3.05, 3.63) is 23.8 Å². The second-order valence-electron chi connectivity index (χ2n) is 3.21. The molecular formula is C9H15N3. The molecule has 0 amide bonds. The van der Waals surface area contributed by atoms with Crippen molar-refractivity contribution in [2.45, 2.75) is 33.4 Å². The minimum Gasteiger partial charge on any atom is -0.308 e. The van der Waals surface area contributed by atoms with Crippen molar-refractivity contribution in [2.75, 3.05) is 0 Å². The van der Waals surface area contributed by atoms with Crippen LogP contribution in [0.25, 0.3) is 0 Å². The molecule has 1 rings (SSSR count). The minimum atomic E-state index is 0.481. The monoisotopic (exact) mass is 165 g/mol. The zero-order valence-electron chi connectivity index (χ0n) is 7.83. The summed E-state index contributed by atoms with van der Waals surface area (Å²) in [4.78, 5) is 8.35. The second-order valence-corrected chi connectivity index (χ2v) is 3.21. The van der Waals surface area contributed by atoms with Gasteiger partial charge in [-0.05, 0) is 12.5 Å². The zero-order chi connectivity index (χ0) is 8.97. The van der Waals surface area contributed by atoms with Crippen LogP contribution in [0.3, 0.4) is 0 Å². The van der Waals surface area contributed by atoms with Gasteiger partial charge in [0.1, 0.15) is 5.82 Å². The van der Waals surface area contributed by atoms with Crippen molar-refractivity contribution in [3.8, 4) is 0 Å². The Morgan fingerprint density at radius 3 is 2.42 bits per heavy atom. The predicted molar refractivity (Wildman–Crippen MR) is 48.7 cm³/mol. The van der Waals surface area contributed by atoms with Crippen molar-refractivity contribution < 1.29 is 0 Å². The third-order valence-electron chi connectivity index (χ3n) is 1.50. The van der Waals surface area contributed by atoms with Crippen molar-refractivity contribution in [1.29, 1.82) is 0 Å². The lowest BCUT2D eigenvalue weighted by Gasteiger charge is -2.05. The van der Waals surface area contributed by atoms with E-state index in [1.54, 1.807) is 0 Å². The highest BCUT2D eigenvalue weighted by atomic mass is 15.0. The Bertz CT molecular complexity index is 228. The molecule has 0 atom stereocenters. The molecule has 1 heterocycles. The van der Waals surface area contributed by atoms with Crippen molar-refractivity contribution in [1.82, 2.24) is 15.3 Å². The van der Waals surface area contributed by atoms with Gasteiger partial charge >= 0.3 is 0 Å². The highest BCUT2D eigenvalue weighted by Gasteiger charge is 1.96. The maximum atomic E-state index is 4.18. The smallest absolute Gasteiger partial charge is 0.141 e. The standard InChI is InChI=1S/C9H15N3/c1-7(2)10-6-9-11-4-8(3)5-12-9/h4-5,7,10H,6H2,1-3H3. The van der Waals surface area contributed by atoms with E-state index < -0.39 is 0 Å². The van der Waals surface area contributed by atoms with E-state index in [4.69, 9.17) is 0 Å². The Balaban J connectivity index is 2.48. The lowest BCUT2D eigenvalue weighted by molar-refractivity contribution is 0.572. The molecule has 3 nitrogen and oxygen atoms in total. The van der Waals surface area contributed by atoms with Gasteiger partial charge in [0, 0.05) is 18.4 Å². The Morgan fingerprint density at radius 1 is 1.33 bits per heavy atom. The molecule has 0 unspecified atom stereocenters. The quantitative estimate of drug-likeness (QED) is 0.733. The molecule has 0 aliphatic heterocycles. The largest absolute Gasteiger partial charge is 0.308 e. The first-order valence-electron chi connectivity index (χ1n) is 4.19. The van der Waals surface area contributed by atoms with Gasteiger partial charge in [0.25, 0.3) is 0 Å². The maximum absolute atomic E-state index is 4.18. The number of nitrogens with zero attached hydrogens (tertiary/aromatic N) is 2. The van der Waals surface area contributed by atoms with E-state index in [2.05, 4.69) is 29.1 Å². The summed E-state index contributed by atoms with van der Waals surface area (Å²) in [6.45, 7) is 6.94. The van der Waals surface area contributed by atoms with Gasteiger partial charge < -0.3 is 5.32 Å². The number of aromatic nitrogens is 2. The third kappa shape index (κ3) is 2.96. The van der Waals surface area contributed by atoms with Crippen LogP contribution in [0, 0.1) is 6.92 Å². The van der Waals surface area contributed by atoms with Gasteiger partial charge in [-0.1, -0.05) is 13.8 Å². The number of hydrogen-bond donors (Lipinski definition) is 1. The van der Waals surface area contributed by atoms with E-state index in [-0.39, 0.29) is 0 Å². The van der Waals surface area contributed by atoms with E-state index in [0.717, 1.165) is 17.9 Å². The predicted octanol–water partition coefficient (Wildman–Crippen LogP) is 1.28. The molecule has 0 bridgehead atoms. The molecular weight excluding hydrogens is 150 g/mol. The van der Waals surface area contributed by atoms with Crippen molar-refractivity contribution >= 4 is 0 Å². The molecule has 0 aromatic carbocycles. The molecule has 1 N–H and O–H groups in total. The Morgan fingerprint density at radius 2 is 1.92 bits per heavy atom. The molecule has 12 heavy (non-hydrogen) atoms. The topological polar surface area (TPSA) is 37.8 Å². The van der Waals surface area contributed by atoms with Gasteiger partial charge in [-0.25, -0.2) is 9.97 Å². The van der Waals surface area contributed by atoms with Crippen LogP contribution in [0.5, 0.6) is 0 Å². The van der Waals surface area contributed by atoms with Gasteiger partial charge in [-0.3, -0.25) is 0 Å². The van der Waals surface area contributed by atoms with Crippen molar-refractivity contribution in [2.24, 2.45) is 0 Å². The fraction of sp³-hybridized carbons (Fsp3) is 0.556. The Labute approximate surface area is 73.2 Å². The highest BCUT2D eigenvalue weighted by Crippen LogP contribution is 1.93. The number of nitrogens with one attached hydrogen (secondary N) is 1. The molecule has 3 heteroatoms. The summed E-state index contributed by atoms with van der Waals surface area (Å²) >= 11 is 0. The van der Waals surface area contributed by atoms with E-state index >= 15 is 0 Å². The summed E-state index contributed by atoms with van der Waals surface area (Å²) < 4.78 is 0.